The van der Waals surface area contributed by atoms with Gasteiger partial charge in [0, 0.05) is 12.7 Å². The topological polar surface area (TPSA) is 93.4 Å². The molecule has 19 heavy (non-hydrogen) atoms. The first-order chi connectivity index (χ1) is 8.99. The number of aliphatic carboxylic acids is 1. The number of urea groups is 1. The highest BCUT2D eigenvalue weighted by Gasteiger charge is 2.20. The molecule has 1 atom stereocenters. The van der Waals surface area contributed by atoms with E-state index in [-0.39, 0.29) is 0 Å². The SMILES string of the molecule is CC[C@H](NC(=O)N(C)c1ccc(C#N)cc1)C(=O)O. The van der Waals surface area contributed by atoms with Crippen LogP contribution in [0, 0.1) is 11.3 Å². The Kier molecular flexibility index (Phi) is 4.89. The van der Waals surface area contributed by atoms with Crippen molar-refractivity contribution < 1.29 is 14.7 Å². The molecule has 0 aliphatic heterocycles. The van der Waals surface area contributed by atoms with Gasteiger partial charge in [-0.2, -0.15) is 5.26 Å². The Bertz CT molecular complexity index is 505. The van der Waals surface area contributed by atoms with E-state index in [4.69, 9.17) is 10.4 Å². The molecule has 1 aromatic carbocycles. The quantitative estimate of drug-likeness (QED) is 0.860. The Balaban J connectivity index is 2.76. The van der Waals surface area contributed by atoms with Crippen LogP contribution in [0.5, 0.6) is 0 Å². The van der Waals surface area contributed by atoms with Crippen molar-refractivity contribution in [3.63, 3.8) is 0 Å². The molecule has 0 aliphatic carbocycles. The van der Waals surface area contributed by atoms with Crippen molar-refractivity contribution in [2.75, 3.05) is 11.9 Å². The van der Waals surface area contributed by atoms with E-state index in [0.29, 0.717) is 17.7 Å². The van der Waals surface area contributed by atoms with Gasteiger partial charge in [-0.05, 0) is 30.7 Å². The molecule has 0 bridgehead atoms. The van der Waals surface area contributed by atoms with Crippen molar-refractivity contribution >= 4 is 17.7 Å². The molecule has 0 fully saturated rings. The van der Waals surface area contributed by atoms with Crippen LogP contribution in [-0.2, 0) is 4.79 Å². The van der Waals surface area contributed by atoms with Gasteiger partial charge in [0.05, 0.1) is 11.6 Å². The van der Waals surface area contributed by atoms with Gasteiger partial charge in [0.1, 0.15) is 6.04 Å². The maximum absolute atomic E-state index is 11.9. The van der Waals surface area contributed by atoms with E-state index in [9.17, 15) is 9.59 Å². The van der Waals surface area contributed by atoms with Crippen LogP contribution in [0.15, 0.2) is 24.3 Å². The molecule has 0 unspecified atom stereocenters. The summed E-state index contributed by atoms with van der Waals surface area (Å²) in [5.41, 5.74) is 1.08. The van der Waals surface area contributed by atoms with Gasteiger partial charge in [0.25, 0.3) is 0 Å². The number of hydrogen-bond acceptors (Lipinski definition) is 3. The number of nitrogens with one attached hydrogen (secondary N) is 1. The highest BCUT2D eigenvalue weighted by Crippen LogP contribution is 2.13. The van der Waals surface area contributed by atoms with Crippen molar-refractivity contribution in [3.8, 4) is 6.07 Å². The summed E-state index contributed by atoms with van der Waals surface area (Å²) >= 11 is 0. The predicted octanol–water partition coefficient (Wildman–Crippen LogP) is 1.57. The van der Waals surface area contributed by atoms with Crippen LogP contribution in [0.2, 0.25) is 0 Å². The van der Waals surface area contributed by atoms with Gasteiger partial charge < -0.3 is 10.4 Å². The first-order valence-corrected chi connectivity index (χ1v) is 5.76. The molecule has 0 spiro atoms. The molecule has 2 amide bonds. The standard InChI is InChI=1S/C13H15N3O3/c1-3-11(12(17)18)15-13(19)16(2)10-6-4-9(8-14)5-7-10/h4-7,11H,3H2,1-2H3,(H,15,19)(H,17,18)/t11-/m0/s1. The first-order valence-electron chi connectivity index (χ1n) is 5.76. The maximum Gasteiger partial charge on any atom is 0.326 e. The minimum Gasteiger partial charge on any atom is -0.480 e. The van der Waals surface area contributed by atoms with Gasteiger partial charge in [0.15, 0.2) is 0 Å². The summed E-state index contributed by atoms with van der Waals surface area (Å²) in [6, 6.07) is 7.00. The lowest BCUT2D eigenvalue weighted by molar-refractivity contribution is -0.139. The zero-order chi connectivity index (χ0) is 14.4. The van der Waals surface area contributed by atoms with E-state index in [0.717, 1.165) is 0 Å². The van der Waals surface area contributed by atoms with E-state index in [1.807, 2.05) is 6.07 Å². The second-order valence-corrected chi connectivity index (χ2v) is 3.97. The molecule has 0 saturated heterocycles. The molecule has 0 saturated carbocycles. The number of carbonyl (C=O) groups is 2. The summed E-state index contributed by atoms with van der Waals surface area (Å²) in [4.78, 5) is 24.0. The van der Waals surface area contributed by atoms with Crippen molar-refractivity contribution in [2.45, 2.75) is 19.4 Å². The number of anilines is 1. The Hall–Kier alpha value is -2.55. The van der Waals surface area contributed by atoms with Gasteiger partial charge in [-0.25, -0.2) is 9.59 Å². The number of carboxylic acids is 1. The smallest absolute Gasteiger partial charge is 0.326 e. The summed E-state index contributed by atoms with van der Waals surface area (Å²) in [5, 5.41) is 20.0. The summed E-state index contributed by atoms with van der Waals surface area (Å²) in [7, 11) is 1.53. The lowest BCUT2D eigenvalue weighted by atomic mass is 10.2. The molecule has 1 rings (SSSR count). The Labute approximate surface area is 111 Å². The third-order valence-electron chi connectivity index (χ3n) is 2.69. The minimum atomic E-state index is -1.07. The summed E-state index contributed by atoms with van der Waals surface area (Å²) in [6.07, 6.45) is 0.308. The van der Waals surface area contributed by atoms with Gasteiger partial charge in [-0.15, -0.1) is 0 Å². The van der Waals surface area contributed by atoms with Crippen LogP contribution < -0.4 is 10.2 Å². The zero-order valence-electron chi connectivity index (χ0n) is 10.8. The third-order valence-corrected chi connectivity index (χ3v) is 2.69. The van der Waals surface area contributed by atoms with Crippen molar-refractivity contribution in [1.29, 1.82) is 5.26 Å². The Morgan fingerprint density at radius 1 is 1.42 bits per heavy atom. The lowest BCUT2D eigenvalue weighted by Gasteiger charge is -2.20. The Morgan fingerprint density at radius 2 is 2.00 bits per heavy atom. The molecule has 6 heteroatoms. The normalized spacial score (nSPS) is 11.2. The van der Waals surface area contributed by atoms with Crippen LogP contribution in [0.25, 0.3) is 0 Å². The minimum absolute atomic E-state index is 0.308. The number of rotatable bonds is 4. The maximum atomic E-state index is 11.9. The first kappa shape index (κ1) is 14.5. The van der Waals surface area contributed by atoms with Gasteiger partial charge >= 0.3 is 12.0 Å². The van der Waals surface area contributed by atoms with Crippen LogP contribution in [0.4, 0.5) is 10.5 Å². The van der Waals surface area contributed by atoms with Crippen LogP contribution in [0.3, 0.4) is 0 Å². The summed E-state index contributed by atoms with van der Waals surface area (Å²) in [6.45, 7) is 1.68. The molecule has 6 nitrogen and oxygen atoms in total. The Morgan fingerprint density at radius 3 is 2.42 bits per heavy atom. The molecule has 100 valence electrons. The molecular formula is C13H15N3O3. The number of benzene rings is 1. The molecule has 0 aromatic heterocycles. The molecule has 0 radical (unpaired) electrons. The van der Waals surface area contributed by atoms with Gasteiger partial charge in [-0.1, -0.05) is 6.92 Å². The van der Waals surface area contributed by atoms with E-state index >= 15 is 0 Å². The van der Waals surface area contributed by atoms with E-state index in [1.54, 1.807) is 31.2 Å². The average Bonchev–Trinajstić information content (AvgIpc) is 2.43. The number of hydrogen-bond donors (Lipinski definition) is 2. The second kappa shape index (κ2) is 6.40. The fourth-order valence-electron chi connectivity index (χ4n) is 1.46. The van der Waals surface area contributed by atoms with E-state index < -0.39 is 18.0 Å². The number of carboxylic acid groups (broad SMARTS) is 1. The molecule has 1 aromatic rings. The molecule has 0 heterocycles. The third kappa shape index (κ3) is 3.71. The molecule has 2 N–H and O–H groups in total. The fourth-order valence-corrected chi connectivity index (χ4v) is 1.46. The average molecular weight is 261 g/mol. The van der Waals surface area contributed by atoms with Crippen molar-refractivity contribution in [1.82, 2.24) is 5.32 Å². The summed E-state index contributed by atoms with van der Waals surface area (Å²) < 4.78 is 0. The number of nitriles is 1. The van der Waals surface area contributed by atoms with Gasteiger partial charge in [0.2, 0.25) is 0 Å². The second-order valence-electron chi connectivity index (χ2n) is 3.97. The van der Waals surface area contributed by atoms with Crippen LogP contribution in [0.1, 0.15) is 18.9 Å². The van der Waals surface area contributed by atoms with Crippen molar-refractivity contribution in [3.05, 3.63) is 29.8 Å². The molecular weight excluding hydrogens is 246 g/mol. The van der Waals surface area contributed by atoms with E-state index in [1.165, 1.54) is 11.9 Å². The predicted molar refractivity (Wildman–Crippen MR) is 69.8 cm³/mol. The summed E-state index contributed by atoms with van der Waals surface area (Å²) in [5.74, 6) is -1.07. The van der Waals surface area contributed by atoms with Crippen LogP contribution >= 0.6 is 0 Å². The molecule has 0 aliphatic rings. The fraction of sp³-hybridized carbons (Fsp3) is 0.308. The highest BCUT2D eigenvalue weighted by atomic mass is 16.4. The monoisotopic (exact) mass is 261 g/mol. The number of nitrogens with zero attached hydrogens (tertiary/aromatic N) is 2. The van der Waals surface area contributed by atoms with Gasteiger partial charge in [-0.3, -0.25) is 4.90 Å². The lowest BCUT2D eigenvalue weighted by Crippen LogP contribution is -2.46. The van der Waals surface area contributed by atoms with Crippen LogP contribution in [-0.4, -0.2) is 30.2 Å². The van der Waals surface area contributed by atoms with E-state index in [2.05, 4.69) is 5.32 Å². The highest BCUT2D eigenvalue weighted by molar-refractivity contribution is 5.94. The largest absolute Gasteiger partial charge is 0.480 e. The number of carbonyl (C=O) groups excluding carboxylic acids is 1. The zero-order valence-corrected chi connectivity index (χ0v) is 10.8. The van der Waals surface area contributed by atoms with Crippen molar-refractivity contribution in [2.24, 2.45) is 0 Å². The number of amides is 2.